The van der Waals surface area contributed by atoms with Gasteiger partial charge in [0.15, 0.2) is 0 Å². The second kappa shape index (κ2) is 8.85. The third-order valence-electron chi connectivity index (χ3n) is 3.48. The maximum atomic E-state index is 12.5. The molecule has 0 saturated heterocycles. The zero-order chi connectivity index (χ0) is 17.4. The molecule has 2 rings (SSSR count). The quantitative estimate of drug-likeness (QED) is 0.484. The molecule has 0 saturated carbocycles. The maximum absolute atomic E-state index is 12.5. The van der Waals surface area contributed by atoms with E-state index in [2.05, 4.69) is 17.2 Å². The van der Waals surface area contributed by atoms with Gasteiger partial charge in [0.1, 0.15) is 16.8 Å². The van der Waals surface area contributed by atoms with Crippen LogP contribution in [0.1, 0.15) is 37.1 Å². The van der Waals surface area contributed by atoms with Crippen molar-refractivity contribution in [3.05, 3.63) is 70.5 Å². The van der Waals surface area contributed by atoms with Crippen molar-refractivity contribution >= 4 is 23.6 Å². The van der Waals surface area contributed by atoms with Gasteiger partial charge in [0.2, 0.25) is 0 Å². The highest BCUT2D eigenvalue weighted by atomic mass is 35.5. The standard InChI is InChI=1S/C19H18ClN3O/c1-2-7-17(14-8-4-3-5-9-14)23-19(24)15(13-21)12-16-10-6-11-18(20)22-16/h3-6,8-12,17H,2,7H2,1H3,(H,23,24). The van der Waals surface area contributed by atoms with Crippen molar-refractivity contribution in [2.45, 2.75) is 25.8 Å². The molecule has 0 aliphatic heterocycles. The van der Waals surface area contributed by atoms with Crippen molar-refractivity contribution in [1.29, 1.82) is 5.26 Å². The fourth-order valence-electron chi connectivity index (χ4n) is 2.33. The number of halogens is 1. The number of nitrogens with one attached hydrogen (secondary N) is 1. The highest BCUT2D eigenvalue weighted by Crippen LogP contribution is 2.19. The first-order valence-electron chi connectivity index (χ1n) is 7.74. The Kier molecular flexibility index (Phi) is 6.53. The van der Waals surface area contributed by atoms with E-state index in [0.29, 0.717) is 10.8 Å². The Hall–Kier alpha value is -2.64. The highest BCUT2D eigenvalue weighted by Gasteiger charge is 2.16. The molecule has 122 valence electrons. The molecule has 1 unspecified atom stereocenters. The lowest BCUT2D eigenvalue weighted by molar-refractivity contribution is -0.117. The zero-order valence-corrected chi connectivity index (χ0v) is 14.1. The molecule has 0 bridgehead atoms. The van der Waals surface area contributed by atoms with Gasteiger partial charge in [-0.1, -0.05) is 61.3 Å². The van der Waals surface area contributed by atoms with Crippen LogP contribution in [-0.2, 0) is 4.79 Å². The van der Waals surface area contributed by atoms with E-state index in [1.807, 2.05) is 36.4 Å². The predicted octanol–water partition coefficient (Wildman–Crippen LogP) is 4.30. The normalized spacial score (nSPS) is 12.3. The molecular formula is C19H18ClN3O. The van der Waals surface area contributed by atoms with Crippen molar-refractivity contribution in [3.63, 3.8) is 0 Å². The molecule has 5 heteroatoms. The second-order valence-corrected chi connectivity index (χ2v) is 5.67. The summed E-state index contributed by atoms with van der Waals surface area (Å²) in [6.45, 7) is 2.05. The van der Waals surface area contributed by atoms with E-state index < -0.39 is 5.91 Å². The molecule has 0 radical (unpaired) electrons. The van der Waals surface area contributed by atoms with Gasteiger partial charge in [-0.2, -0.15) is 5.26 Å². The van der Waals surface area contributed by atoms with Crippen molar-refractivity contribution in [2.24, 2.45) is 0 Å². The number of hydrogen-bond acceptors (Lipinski definition) is 3. The molecule has 0 aliphatic carbocycles. The number of amides is 1. The van der Waals surface area contributed by atoms with E-state index in [0.717, 1.165) is 18.4 Å². The molecule has 1 atom stereocenters. The zero-order valence-electron chi connectivity index (χ0n) is 13.4. The summed E-state index contributed by atoms with van der Waals surface area (Å²) >= 11 is 5.83. The van der Waals surface area contributed by atoms with Gasteiger partial charge in [0.25, 0.3) is 5.91 Å². The number of nitrogens with zero attached hydrogens (tertiary/aromatic N) is 2. The number of nitriles is 1. The molecule has 24 heavy (non-hydrogen) atoms. The topological polar surface area (TPSA) is 65.8 Å². The van der Waals surface area contributed by atoms with Crippen LogP contribution in [0.15, 0.2) is 54.1 Å². The molecule has 1 amide bonds. The van der Waals surface area contributed by atoms with Gasteiger partial charge in [0, 0.05) is 0 Å². The number of hydrogen-bond donors (Lipinski definition) is 1. The van der Waals surface area contributed by atoms with Gasteiger partial charge in [-0.15, -0.1) is 0 Å². The minimum atomic E-state index is -0.415. The van der Waals surface area contributed by atoms with Crippen LogP contribution in [0.25, 0.3) is 6.08 Å². The van der Waals surface area contributed by atoms with Gasteiger partial charge in [-0.25, -0.2) is 4.98 Å². The average molecular weight is 340 g/mol. The molecule has 2 aromatic rings. The summed E-state index contributed by atoms with van der Waals surface area (Å²) in [6.07, 6.45) is 3.15. The minimum absolute atomic E-state index is 0.00167. The van der Waals surface area contributed by atoms with Crippen LogP contribution in [0, 0.1) is 11.3 Å². The first-order chi connectivity index (χ1) is 11.6. The summed E-state index contributed by atoms with van der Waals surface area (Å²) in [6, 6.07) is 16.6. The van der Waals surface area contributed by atoms with Crippen LogP contribution in [0.3, 0.4) is 0 Å². The van der Waals surface area contributed by atoms with Crippen molar-refractivity contribution in [2.75, 3.05) is 0 Å². The Morgan fingerprint density at radius 3 is 2.67 bits per heavy atom. The van der Waals surface area contributed by atoms with E-state index in [-0.39, 0.29) is 11.6 Å². The number of carbonyl (C=O) groups excluding carboxylic acids is 1. The fraction of sp³-hybridized carbons (Fsp3) is 0.211. The summed E-state index contributed by atoms with van der Waals surface area (Å²) in [5.74, 6) is -0.415. The third kappa shape index (κ3) is 4.94. The Balaban J connectivity index is 2.20. The van der Waals surface area contributed by atoms with E-state index in [9.17, 15) is 10.1 Å². The molecule has 0 fully saturated rings. The lowest BCUT2D eigenvalue weighted by atomic mass is 10.0. The average Bonchev–Trinajstić information content (AvgIpc) is 2.60. The molecule has 1 aromatic carbocycles. The van der Waals surface area contributed by atoms with Crippen LogP contribution in [-0.4, -0.2) is 10.9 Å². The molecule has 0 aliphatic rings. The largest absolute Gasteiger partial charge is 0.345 e. The molecular weight excluding hydrogens is 322 g/mol. The van der Waals surface area contributed by atoms with Gasteiger partial charge in [-0.3, -0.25) is 4.79 Å². The smallest absolute Gasteiger partial charge is 0.262 e. The van der Waals surface area contributed by atoms with Crippen LogP contribution in [0.2, 0.25) is 5.15 Å². The second-order valence-electron chi connectivity index (χ2n) is 5.28. The van der Waals surface area contributed by atoms with E-state index in [4.69, 9.17) is 11.6 Å². The van der Waals surface area contributed by atoms with E-state index in [1.165, 1.54) is 6.08 Å². The lowest BCUT2D eigenvalue weighted by Gasteiger charge is -2.18. The summed E-state index contributed by atoms with van der Waals surface area (Å²) in [5.41, 5.74) is 1.49. The van der Waals surface area contributed by atoms with Gasteiger partial charge in [-0.05, 0) is 30.2 Å². The predicted molar refractivity (Wildman–Crippen MR) is 95.1 cm³/mol. The van der Waals surface area contributed by atoms with Crippen LogP contribution in [0.4, 0.5) is 0 Å². The number of benzene rings is 1. The molecule has 1 heterocycles. The van der Waals surface area contributed by atoms with Crippen molar-refractivity contribution in [3.8, 4) is 6.07 Å². The maximum Gasteiger partial charge on any atom is 0.262 e. The monoisotopic (exact) mass is 339 g/mol. The van der Waals surface area contributed by atoms with Gasteiger partial charge >= 0.3 is 0 Å². The SMILES string of the molecule is CCCC(NC(=O)C(C#N)=Cc1cccc(Cl)n1)c1ccccc1. The summed E-state index contributed by atoms with van der Waals surface area (Å²) < 4.78 is 0. The van der Waals surface area contributed by atoms with Crippen LogP contribution >= 0.6 is 11.6 Å². The first kappa shape index (κ1) is 17.7. The third-order valence-corrected chi connectivity index (χ3v) is 3.69. The summed E-state index contributed by atoms with van der Waals surface area (Å²) in [5, 5.41) is 12.5. The minimum Gasteiger partial charge on any atom is -0.345 e. The van der Waals surface area contributed by atoms with Crippen LogP contribution < -0.4 is 5.32 Å². The molecule has 1 aromatic heterocycles. The van der Waals surface area contributed by atoms with Gasteiger partial charge in [0.05, 0.1) is 11.7 Å². The lowest BCUT2D eigenvalue weighted by Crippen LogP contribution is -2.29. The number of carbonyl (C=O) groups is 1. The number of aromatic nitrogens is 1. The van der Waals surface area contributed by atoms with Crippen molar-refractivity contribution in [1.82, 2.24) is 10.3 Å². The molecule has 4 nitrogen and oxygen atoms in total. The Morgan fingerprint density at radius 1 is 1.29 bits per heavy atom. The number of rotatable bonds is 6. The number of pyridine rings is 1. The fourth-order valence-corrected chi connectivity index (χ4v) is 2.50. The van der Waals surface area contributed by atoms with Gasteiger partial charge < -0.3 is 5.32 Å². The summed E-state index contributed by atoms with van der Waals surface area (Å²) in [7, 11) is 0. The highest BCUT2D eigenvalue weighted by molar-refractivity contribution is 6.29. The summed E-state index contributed by atoms with van der Waals surface area (Å²) in [4.78, 5) is 16.5. The Labute approximate surface area is 146 Å². The first-order valence-corrected chi connectivity index (χ1v) is 8.12. The Bertz CT molecular complexity index is 766. The molecule has 1 N–H and O–H groups in total. The van der Waals surface area contributed by atoms with E-state index in [1.54, 1.807) is 18.2 Å². The van der Waals surface area contributed by atoms with Crippen molar-refractivity contribution < 1.29 is 4.79 Å². The molecule has 0 spiro atoms. The van der Waals surface area contributed by atoms with E-state index >= 15 is 0 Å². The van der Waals surface area contributed by atoms with Crippen LogP contribution in [0.5, 0.6) is 0 Å². The Morgan fingerprint density at radius 2 is 2.04 bits per heavy atom.